The second kappa shape index (κ2) is 8.09. The van der Waals surface area contributed by atoms with E-state index in [1.165, 1.54) is 0 Å². The molecule has 6 nitrogen and oxygen atoms in total. The third-order valence-electron chi connectivity index (χ3n) is 4.00. The fourth-order valence-electron chi connectivity index (χ4n) is 2.84. The summed E-state index contributed by atoms with van der Waals surface area (Å²) in [5, 5.41) is 11.9. The molecule has 2 unspecified atom stereocenters. The van der Waals surface area contributed by atoms with Crippen molar-refractivity contribution < 1.29 is 10.0 Å². The number of rotatable bonds is 5. The topological polar surface area (TPSA) is 82.2 Å². The van der Waals surface area contributed by atoms with Gasteiger partial charge in [0.2, 0.25) is 5.91 Å². The largest absolute Gasteiger partial charge is 0.409 e. The highest BCUT2D eigenvalue weighted by molar-refractivity contribution is 6.02. The molecule has 3 N–H and O–H groups in total. The maximum atomic E-state index is 12.8. The third-order valence-corrected chi connectivity index (χ3v) is 4.00. The number of amidine groups is 1. The molecular weight excluding hydrogens is 256 g/mol. The molecule has 1 aliphatic rings. The first-order valence-corrected chi connectivity index (χ1v) is 7.51. The molecule has 6 heteroatoms. The van der Waals surface area contributed by atoms with Gasteiger partial charge >= 0.3 is 0 Å². The van der Waals surface area contributed by atoms with Gasteiger partial charge in [-0.25, -0.2) is 0 Å². The molecule has 116 valence electrons. The van der Waals surface area contributed by atoms with Crippen molar-refractivity contribution in [3.8, 4) is 0 Å². The standard InChI is InChI=1S/C14H28N4O2/c1-4-7-12(13(15)16-20)14(19)18-9-6-8-17(3)10-11(18)5-2/h11-12,20H,4-10H2,1-3H3,(H2,15,16). The molecule has 0 aromatic rings. The summed E-state index contributed by atoms with van der Waals surface area (Å²) in [6, 6.07) is 0.209. The number of nitrogens with zero attached hydrogens (tertiary/aromatic N) is 3. The molecule has 1 amide bonds. The van der Waals surface area contributed by atoms with E-state index >= 15 is 0 Å². The summed E-state index contributed by atoms with van der Waals surface area (Å²) in [5.41, 5.74) is 5.71. The van der Waals surface area contributed by atoms with Crippen molar-refractivity contribution in [1.82, 2.24) is 9.80 Å². The van der Waals surface area contributed by atoms with Crippen LogP contribution in [0.3, 0.4) is 0 Å². The summed E-state index contributed by atoms with van der Waals surface area (Å²) in [7, 11) is 2.09. The van der Waals surface area contributed by atoms with E-state index < -0.39 is 5.92 Å². The number of amides is 1. The predicted molar refractivity (Wildman–Crippen MR) is 79.7 cm³/mol. The van der Waals surface area contributed by atoms with Gasteiger partial charge in [0.25, 0.3) is 0 Å². The van der Waals surface area contributed by atoms with Gasteiger partial charge in [0.1, 0.15) is 0 Å². The number of carbonyl (C=O) groups excluding carboxylic acids is 1. The molecule has 0 aliphatic carbocycles. The molecule has 1 heterocycles. The van der Waals surface area contributed by atoms with Gasteiger partial charge in [0, 0.05) is 19.1 Å². The number of oxime groups is 1. The van der Waals surface area contributed by atoms with Gasteiger partial charge in [0.05, 0.1) is 5.92 Å². The molecular formula is C14H28N4O2. The van der Waals surface area contributed by atoms with E-state index in [0.717, 1.165) is 38.9 Å². The maximum Gasteiger partial charge on any atom is 0.233 e. The highest BCUT2D eigenvalue weighted by Crippen LogP contribution is 2.18. The first-order valence-electron chi connectivity index (χ1n) is 7.51. The average Bonchev–Trinajstić information content (AvgIpc) is 2.64. The van der Waals surface area contributed by atoms with Crippen LogP contribution in [-0.4, -0.2) is 59.5 Å². The summed E-state index contributed by atoms with van der Waals surface area (Å²) < 4.78 is 0. The fraction of sp³-hybridized carbons (Fsp3) is 0.857. The van der Waals surface area contributed by atoms with Crippen molar-refractivity contribution in [2.24, 2.45) is 16.8 Å². The van der Waals surface area contributed by atoms with Gasteiger partial charge in [-0.05, 0) is 32.9 Å². The van der Waals surface area contributed by atoms with Crippen molar-refractivity contribution >= 4 is 11.7 Å². The first-order chi connectivity index (χ1) is 9.54. The van der Waals surface area contributed by atoms with Gasteiger partial charge < -0.3 is 20.7 Å². The lowest BCUT2D eigenvalue weighted by Crippen LogP contribution is -2.48. The Morgan fingerprint density at radius 1 is 1.45 bits per heavy atom. The van der Waals surface area contributed by atoms with E-state index in [1.807, 2.05) is 11.8 Å². The lowest BCUT2D eigenvalue weighted by molar-refractivity contribution is -0.136. The second-order valence-corrected chi connectivity index (χ2v) is 5.58. The SMILES string of the molecule is CCCC(C(=O)N1CCCN(C)CC1CC)C(N)=NO. The molecule has 1 rings (SSSR count). The molecule has 1 fully saturated rings. The Bertz CT molecular complexity index is 346. The van der Waals surface area contributed by atoms with Crippen molar-refractivity contribution in [1.29, 1.82) is 0 Å². The van der Waals surface area contributed by atoms with Crippen LogP contribution in [-0.2, 0) is 4.79 Å². The number of hydrogen-bond donors (Lipinski definition) is 2. The van der Waals surface area contributed by atoms with E-state index in [-0.39, 0.29) is 17.8 Å². The molecule has 1 aliphatic heterocycles. The van der Waals surface area contributed by atoms with Crippen LogP contribution in [0, 0.1) is 5.92 Å². The Labute approximate surface area is 121 Å². The van der Waals surface area contributed by atoms with Crippen molar-refractivity contribution in [2.45, 2.75) is 45.6 Å². The Morgan fingerprint density at radius 2 is 2.15 bits per heavy atom. The first kappa shape index (κ1) is 16.8. The molecule has 0 aromatic heterocycles. The van der Waals surface area contributed by atoms with Gasteiger partial charge in [-0.3, -0.25) is 4.79 Å². The molecule has 2 atom stereocenters. The Balaban J connectivity index is 2.89. The summed E-state index contributed by atoms with van der Waals surface area (Å²) in [6.07, 6.45) is 3.34. The van der Waals surface area contributed by atoms with Crippen LogP contribution in [0.4, 0.5) is 0 Å². The Kier molecular flexibility index (Phi) is 6.78. The molecule has 0 radical (unpaired) electrons. The van der Waals surface area contributed by atoms with E-state index in [4.69, 9.17) is 10.9 Å². The van der Waals surface area contributed by atoms with Crippen molar-refractivity contribution in [2.75, 3.05) is 26.7 Å². The lowest BCUT2D eigenvalue weighted by Gasteiger charge is -2.32. The summed E-state index contributed by atoms with van der Waals surface area (Å²) >= 11 is 0. The van der Waals surface area contributed by atoms with Crippen LogP contribution < -0.4 is 5.73 Å². The monoisotopic (exact) mass is 284 g/mol. The smallest absolute Gasteiger partial charge is 0.233 e. The van der Waals surface area contributed by atoms with Gasteiger partial charge in [-0.2, -0.15) is 0 Å². The van der Waals surface area contributed by atoms with Crippen molar-refractivity contribution in [3.63, 3.8) is 0 Å². The molecule has 0 saturated carbocycles. The molecule has 0 aromatic carbocycles. The molecule has 20 heavy (non-hydrogen) atoms. The maximum absolute atomic E-state index is 12.8. The van der Waals surface area contributed by atoms with Gasteiger partial charge in [0.15, 0.2) is 5.84 Å². The van der Waals surface area contributed by atoms with E-state index in [9.17, 15) is 4.79 Å². The van der Waals surface area contributed by atoms with E-state index in [1.54, 1.807) is 0 Å². The van der Waals surface area contributed by atoms with Crippen LogP contribution in [0.5, 0.6) is 0 Å². The zero-order valence-electron chi connectivity index (χ0n) is 12.9. The molecule has 1 saturated heterocycles. The number of hydrogen-bond acceptors (Lipinski definition) is 4. The minimum Gasteiger partial charge on any atom is -0.409 e. The quantitative estimate of drug-likeness (QED) is 0.343. The zero-order valence-corrected chi connectivity index (χ0v) is 12.9. The van der Waals surface area contributed by atoms with Crippen LogP contribution >= 0.6 is 0 Å². The summed E-state index contributed by atoms with van der Waals surface area (Å²) in [6.45, 7) is 6.74. The lowest BCUT2D eigenvalue weighted by atomic mass is 9.99. The minimum absolute atomic E-state index is 0.00398. The fourth-order valence-corrected chi connectivity index (χ4v) is 2.84. The third kappa shape index (κ3) is 4.10. The van der Waals surface area contributed by atoms with Crippen LogP contribution in [0.15, 0.2) is 5.16 Å². The van der Waals surface area contributed by atoms with E-state index in [2.05, 4.69) is 24.0 Å². The molecule has 0 bridgehead atoms. The van der Waals surface area contributed by atoms with Crippen LogP contribution in [0.1, 0.15) is 39.5 Å². The van der Waals surface area contributed by atoms with Gasteiger partial charge in [-0.15, -0.1) is 0 Å². The summed E-state index contributed by atoms with van der Waals surface area (Å²) in [4.78, 5) is 16.9. The minimum atomic E-state index is -0.498. The average molecular weight is 284 g/mol. The predicted octanol–water partition coefficient (Wildman–Crippen LogP) is 1.09. The Hall–Kier alpha value is -1.30. The molecule has 0 spiro atoms. The number of likely N-dealkylation sites (N-methyl/N-ethyl adjacent to an activating group) is 1. The van der Waals surface area contributed by atoms with Crippen LogP contribution in [0.2, 0.25) is 0 Å². The summed E-state index contributed by atoms with van der Waals surface area (Å²) in [5.74, 6) is -0.462. The van der Waals surface area contributed by atoms with E-state index in [0.29, 0.717) is 6.42 Å². The van der Waals surface area contributed by atoms with Gasteiger partial charge in [-0.1, -0.05) is 25.4 Å². The van der Waals surface area contributed by atoms with Crippen molar-refractivity contribution in [3.05, 3.63) is 0 Å². The highest BCUT2D eigenvalue weighted by Gasteiger charge is 2.32. The zero-order chi connectivity index (χ0) is 15.1. The highest BCUT2D eigenvalue weighted by atomic mass is 16.4. The second-order valence-electron chi connectivity index (χ2n) is 5.58. The van der Waals surface area contributed by atoms with Crippen LogP contribution in [0.25, 0.3) is 0 Å². The Morgan fingerprint density at radius 3 is 2.70 bits per heavy atom. The number of carbonyl (C=O) groups is 1. The normalized spacial score (nSPS) is 23.4. The number of nitrogens with two attached hydrogens (primary N) is 1.